The Kier molecular flexibility index (Phi) is 6.19. The van der Waals surface area contributed by atoms with Gasteiger partial charge in [0.25, 0.3) is 10.1 Å². The van der Waals surface area contributed by atoms with Crippen LogP contribution in [0, 0.1) is 0 Å². The minimum atomic E-state index is -3.55. The molecule has 2 atom stereocenters. The van der Waals surface area contributed by atoms with Crippen LogP contribution >= 0.6 is 0 Å². The van der Waals surface area contributed by atoms with E-state index in [4.69, 9.17) is 13.7 Å². The highest BCUT2D eigenvalue weighted by Gasteiger charge is 2.17. The number of para-hydroxylation sites is 1. The Balaban J connectivity index is 2.59. The minimum Gasteiger partial charge on any atom is -0.465 e. The van der Waals surface area contributed by atoms with Gasteiger partial charge >= 0.3 is 0 Å². The van der Waals surface area contributed by atoms with Crippen molar-refractivity contribution in [1.29, 1.82) is 0 Å². The molecule has 0 radical (unpaired) electrons. The maximum atomic E-state index is 11.3. The van der Waals surface area contributed by atoms with Gasteiger partial charge in [0, 0.05) is 5.56 Å². The van der Waals surface area contributed by atoms with Crippen molar-refractivity contribution >= 4 is 16.2 Å². The van der Waals surface area contributed by atoms with E-state index in [1.54, 1.807) is 19.1 Å². The smallest absolute Gasteiger partial charge is 0.269 e. The average molecular weight is 300 g/mol. The molecule has 6 heteroatoms. The molecule has 1 rings (SSSR count). The summed E-state index contributed by atoms with van der Waals surface area (Å²) in [5.41, 5.74) is 0.831. The van der Waals surface area contributed by atoms with Gasteiger partial charge in [0.1, 0.15) is 5.75 Å². The van der Waals surface area contributed by atoms with Crippen molar-refractivity contribution in [2.45, 2.75) is 33.4 Å². The predicted molar refractivity (Wildman–Crippen MR) is 77.7 cm³/mol. The second kappa shape index (κ2) is 7.42. The van der Waals surface area contributed by atoms with Crippen LogP contribution in [0.5, 0.6) is 5.75 Å². The van der Waals surface area contributed by atoms with Gasteiger partial charge < -0.3 is 9.47 Å². The lowest BCUT2D eigenvalue weighted by Crippen LogP contribution is -2.27. The number of rotatable bonds is 8. The summed E-state index contributed by atoms with van der Waals surface area (Å²) in [5, 5.41) is 0. The lowest BCUT2D eigenvalue weighted by Gasteiger charge is -2.20. The largest absolute Gasteiger partial charge is 0.465 e. The molecule has 0 fully saturated rings. The molecular weight excluding hydrogens is 280 g/mol. The van der Waals surface area contributed by atoms with E-state index in [-0.39, 0.29) is 5.75 Å². The highest BCUT2D eigenvalue weighted by molar-refractivity contribution is 7.86. The van der Waals surface area contributed by atoms with Crippen molar-refractivity contribution in [2.75, 3.05) is 5.75 Å². The van der Waals surface area contributed by atoms with Crippen molar-refractivity contribution in [3.05, 3.63) is 36.4 Å². The van der Waals surface area contributed by atoms with Crippen LogP contribution in [0.15, 0.2) is 30.8 Å². The summed E-state index contributed by atoms with van der Waals surface area (Å²) in [6.45, 7) is 8.37. The van der Waals surface area contributed by atoms with Gasteiger partial charge in [0.15, 0.2) is 12.6 Å². The monoisotopic (exact) mass is 300 g/mol. The molecule has 1 aromatic carbocycles. The molecular formula is C14H20O5S. The molecule has 5 nitrogen and oxygen atoms in total. The van der Waals surface area contributed by atoms with Crippen molar-refractivity contribution in [1.82, 2.24) is 0 Å². The zero-order chi connectivity index (χ0) is 15.2. The van der Waals surface area contributed by atoms with Crippen LogP contribution in [0.3, 0.4) is 0 Å². The lowest BCUT2D eigenvalue weighted by molar-refractivity contribution is -0.165. The molecule has 0 aromatic heterocycles. The van der Waals surface area contributed by atoms with Gasteiger partial charge in [-0.3, -0.25) is 0 Å². The van der Waals surface area contributed by atoms with Crippen molar-refractivity contribution in [3.8, 4) is 5.75 Å². The predicted octanol–water partition coefficient (Wildman–Crippen LogP) is 2.78. The third kappa shape index (κ3) is 5.32. The Bertz CT molecular complexity index is 538. The summed E-state index contributed by atoms with van der Waals surface area (Å²) in [4.78, 5) is 0. The van der Waals surface area contributed by atoms with Gasteiger partial charge in [-0.1, -0.05) is 30.9 Å². The molecule has 0 aliphatic heterocycles. The first-order chi connectivity index (χ1) is 9.38. The van der Waals surface area contributed by atoms with Crippen LogP contribution in [0.1, 0.15) is 26.3 Å². The van der Waals surface area contributed by atoms with Crippen LogP contribution in [0.2, 0.25) is 0 Å². The number of hydrogen-bond acceptors (Lipinski definition) is 5. The summed E-state index contributed by atoms with van der Waals surface area (Å²) in [6, 6.07) is 7.34. The van der Waals surface area contributed by atoms with Gasteiger partial charge in [-0.2, -0.15) is 8.42 Å². The summed E-state index contributed by atoms with van der Waals surface area (Å²) < 4.78 is 38.3. The van der Waals surface area contributed by atoms with E-state index in [0.29, 0.717) is 5.75 Å². The third-order valence-corrected chi connectivity index (χ3v) is 3.72. The van der Waals surface area contributed by atoms with Crippen LogP contribution in [0.25, 0.3) is 6.08 Å². The van der Waals surface area contributed by atoms with Crippen molar-refractivity contribution < 1.29 is 22.1 Å². The first-order valence-electron chi connectivity index (χ1n) is 6.32. The van der Waals surface area contributed by atoms with Crippen LogP contribution in [-0.4, -0.2) is 26.8 Å². The fraction of sp³-hybridized carbons (Fsp3) is 0.429. The maximum Gasteiger partial charge on any atom is 0.269 e. The summed E-state index contributed by atoms with van der Waals surface area (Å²) in [6.07, 6.45) is 0.104. The molecule has 0 amide bonds. The molecule has 0 bridgehead atoms. The normalized spacial score (nSPS) is 14.6. The molecule has 0 spiro atoms. The van der Waals surface area contributed by atoms with E-state index in [9.17, 15) is 8.42 Å². The van der Waals surface area contributed by atoms with Crippen LogP contribution < -0.4 is 4.74 Å². The molecule has 0 aliphatic rings. The SMILES string of the molecule is C=Cc1ccccc1OC(C)OC(C)OS(=O)(=O)CC. The van der Waals surface area contributed by atoms with E-state index in [0.717, 1.165) is 5.56 Å². The van der Waals surface area contributed by atoms with Gasteiger partial charge in [-0.25, -0.2) is 4.18 Å². The quantitative estimate of drug-likeness (QED) is 0.545. The highest BCUT2D eigenvalue weighted by atomic mass is 32.2. The fourth-order valence-corrected chi connectivity index (χ4v) is 2.12. The Morgan fingerprint density at radius 1 is 1.25 bits per heavy atom. The topological polar surface area (TPSA) is 61.8 Å². The zero-order valence-electron chi connectivity index (χ0n) is 11.9. The van der Waals surface area contributed by atoms with Gasteiger partial charge in [0.05, 0.1) is 5.75 Å². The molecule has 0 N–H and O–H groups in total. The molecule has 1 aromatic rings. The number of ether oxygens (including phenoxy) is 2. The Labute approximate surface area is 120 Å². The van der Waals surface area contributed by atoms with Crippen LogP contribution in [-0.2, 0) is 19.0 Å². The number of benzene rings is 1. The number of hydrogen-bond donors (Lipinski definition) is 0. The Hall–Kier alpha value is -1.37. The molecule has 112 valence electrons. The maximum absolute atomic E-state index is 11.3. The van der Waals surface area contributed by atoms with Gasteiger partial charge in [0.2, 0.25) is 0 Å². The summed E-state index contributed by atoms with van der Waals surface area (Å²) in [7, 11) is -3.55. The van der Waals surface area contributed by atoms with Crippen molar-refractivity contribution in [2.24, 2.45) is 0 Å². The molecule has 20 heavy (non-hydrogen) atoms. The van der Waals surface area contributed by atoms with Crippen molar-refractivity contribution in [3.63, 3.8) is 0 Å². The minimum absolute atomic E-state index is 0.102. The first kappa shape index (κ1) is 16.7. The van der Waals surface area contributed by atoms with E-state index < -0.39 is 22.7 Å². The highest BCUT2D eigenvalue weighted by Crippen LogP contribution is 2.21. The molecule has 0 heterocycles. The Morgan fingerprint density at radius 2 is 1.90 bits per heavy atom. The average Bonchev–Trinajstić information content (AvgIpc) is 2.38. The second-order valence-electron chi connectivity index (χ2n) is 4.07. The van der Waals surface area contributed by atoms with Gasteiger partial charge in [-0.15, -0.1) is 0 Å². The van der Waals surface area contributed by atoms with E-state index in [1.165, 1.54) is 13.8 Å². The molecule has 0 aliphatic carbocycles. The molecule has 0 saturated heterocycles. The standard InChI is InChI=1S/C14H20O5S/c1-5-13-9-7-8-10-14(13)18-11(3)17-12(4)19-20(15,16)6-2/h5,7-12H,1,6H2,2-4H3. The summed E-state index contributed by atoms with van der Waals surface area (Å²) in [5.74, 6) is 0.510. The molecule has 0 saturated carbocycles. The second-order valence-corrected chi connectivity index (χ2v) is 5.96. The third-order valence-electron chi connectivity index (χ3n) is 2.45. The van der Waals surface area contributed by atoms with Crippen LogP contribution in [0.4, 0.5) is 0 Å². The first-order valence-corrected chi connectivity index (χ1v) is 7.90. The van der Waals surface area contributed by atoms with E-state index in [1.807, 2.05) is 18.2 Å². The summed E-state index contributed by atoms with van der Waals surface area (Å²) >= 11 is 0. The van der Waals surface area contributed by atoms with Gasteiger partial charge in [-0.05, 0) is 26.8 Å². The Morgan fingerprint density at radius 3 is 2.50 bits per heavy atom. The molecule has 2 unspecified atom stereocenters. The lowest BCUT2D eigenvalue weighted by atomic mass is 10.2. The van der Waals surface area contributed by atoms with E-state index in [2.05, 4.69) is 6.58 Å². The van der Waals surface area contributed by atoms with E-state index >= 15 is 0 Å². The zero-order valence-corrected chi connectivity index (χ0v) is 12.7. The fourth-order valence-electron chi connectivity index (χ4n) is 1.53.